The first-order chi connectivity index (χ1) is 14.0. The van der Waals surface area contributed by atoms with E-state index in [4.69, 9.17) is 14.3 Å². The Kier molecular flexibility index (Phi) is 4.39. The van der Waals surface area contributed by atoms with E-state index in [1.165, 1.54) is 12.1 Å². The minimum absolute atomic E-state index is 0.0618. The molecule has 160 valence electrons. The summed E-state index contributed by atoms with van der Waals surface area (Å²) in [5.74, 6) is -3.13. The van der Waals surface area contributed by atoms with Gasteiger partial charge in [0.2, 0.25) is 5.67 Å². The molecule has 3 heterocycles. The number of carbonyl (C=O) groups is 4. The van der Waals surface area contributed by atoms with Crippen LogP contribution >= 0.6 is 0 Å². The second kappa shape index (κ2) is 6.49. The Bertz CT molecular complexity index is 918. The SMILES string of the molecule is CC(C)(C)OC(=O)N1CC2(COC2)C(F)(C(=O)ON2C(=O)c3ccccc3C2=O)C1. The minimum Gasteiger partial charge on any atom is -0.444 e. The summed E-state index contributed by atoms with van der Waals surface area (Å²) in [6, 6.07) is 5.94. The van der Waals surface area contributed by atoms with E-state index in [1.54, 1.807) is 32.9 Å². The van der Waals surface area contributed by atoms with E-state index in [2.05, 4.69) is 0 Å². The maximum absolute atomic E-state index is 16.0. The van der Waals surface area contributed by atoms with Crippen molar-refractivity contribution in [2.75, 3.05) is 26.3 Å². The molecule has 3 aliphatic rings. The number of nitrogens with zero attached hydrogens (tertiary/aromatic N) is 2. The summed E-state index contributed by atoms with van der Waals surface area (Å²) < 4.78 is 26.4. The quantitative estimate of drug-likeness (QED) is 0.671. The fourth-order valence-corrected chi connectivity index (χ4v) is 3.79. The second-order valence-electron chi connectivity index (χ2n) is 8.74. The van der Waals surface area contributed by atoms with Crippen LogP contribution in [0.3, 0.4) is 0 Å². The predicted molar refractivity (Wildman–Crippen MR) is 97.9 cm³/mol. The number of carbonyl (C=O) groups excluding carboxylic acids is 4. The molecule has 1 atom stereocenters. The Balaban J connectivity index is 1.55. The molecule has 0 N–H and O–H groups in total. The normalized spacial score (nSPS) is 24.7. The molecule has 1 unspecified atom stereocenters. The third kappa shape index (κ3) is 2.94. The maximum Gasteiger partial charge on any atom is 0.410 e. The average Bonchev–Trinajstić information content (AvgIpc) is 3.09. The number of alkyl halides is 1. The summed E-state index contributed by atoms with van der Waals surface area (Å²) in [6.07, 6.45) is -0.776. The summed E-state index contributed by atoms with van der Waals surface area (Å²) in [5, 5.41) is 0.262. The molecule has 2 saturated heterocycles. The van der Waals surface area contributed by atoms with Crippen LogP contribution in [-0.2, 0) is 19.1 Å². The summed E-state index contributed by atoms with van der Waals surface area (Å²) in [6.45, 7) is 4.04. The van der Waals surface area contributed by atoms with Crippen molar-refractivity contribution in [1.29, 1.82) is 0 Å². The van der Waals surface area contributed by atoms with Crippen LogP contribution in [-0.4, -0.2) is 71.4 Å². The zero-order valence-electron chi connectivity index (χ0n) is 16.8. The number of imide groups is 1. The molecule has 1 aromatic carbocycles. The lowest BCUT2D eigenvalue weighted by atomic mass is 9.74. The van der Waals surface area contributed by atoms with Crippen molar-refractivity contribution in [3.05, 3.63) is 35.4 Å². The maximum atomic E-state index is 16.0. The first-order valence-electron chi connectivity index (χ1n) is 9.42. The van der Waals surface area contributed by atoms with Crippen LogP contribution in [0.1, 0.15) is 41.5 Å². The highest BCUT2D eigenvalue weighted by molar-refractivity contribution is 6.21. The molecule has 4 rings (SSSR count). The zero-order chi connectivity index (χ0) is 21.9. The van der Waals surface area contributed by atoms with Gasteiger partial charge in [0.05, 0.1) is 36.3 Å². The number of rotatable bonds is 2. The molecule has 10 heteroatoms. The van der Waals surface area contributed by atoms with Crippen LogP contribution in [0.2, 0.25) is 0 Å². The minimum atomic E-state index is -2.67. The summed E-state index contributed by atoms with van der Waals surface area (Å²) >= 11 is 0. The standard InChI is InChI=1S/C20H21FN2O7/c1-18(2,3)29-17(27)22-8-19(10-28-11-19)20(21,9-22)16(26)30-23-14(24)12-6-4-5-7-13(12)15(23)25/h4-7H,8-11H2,1-3H3. The van der Waals surface area contributed by atoms with Crippen molar-refractivity contribution in [3.63, 3.8) is 0 Å². The Morgan fingerprint density at radius 1 is 1.07 bits per heavy atom. The largest absolute Gasteiger partial charge is 0.444 e. The van der Waals surface area contributed by atoms with Crippen molar-refractivity contribution in [2.24, 2.45) is 5.41 Å². The van der Waals surface area contributed by atoms with E-state index < -0.39 is 47.1 Å². The van der Waals surface area contributed by atoms with Crippen LogP contribution in [0.25, 0.3) is 0 Å². The molecule has 1 spiro atoms. The number of likely N-dealkylation sites (tertiary alicyclic amines) is 1. The molecule has 3 aliphatic heterocycles. The lowest BCUT2D eigenvalue weighted by Crippen LogP contribution is -2.62. The van der Waals surface area contributed by atoms with E-state index in [9.17, 15) is 19.2 Å². The van der Waals surface area contributed by atoms with Gasteiger partial charge in [-0.05, 0) is 32.9 Å². The number of ether oxygens (including phenoxy) is 2. The van der Waals surface area contributed by atoms with Crippen molar-refractivity contribution >= 4 is 23.9 Å². The average molecular weight is 420 g/mol. The number of amides is 3. The van der Waals surface area contributed by atoms with Gasteiger partial charge < -0.3 is 19.2 Å². The Hall–Kier alpha value is -3.01. The van der Waals surface area contributed by atoms with Crippen molar-refractivity contribution in [3.8, 4) is 0 Å². The lowest BCUT2D eigenvalue weighted by Gasteiger charge is -2.43. The molecule has 0 saturated carbocycles. The van der Waals surface area contributed by atoms with Gasteiger partial charge >= 0.3 is 12.1 Å². The van der Waals surface area contributed by atoms with E-state index in [-0.39, 0.29) is 35.9 Å². The smallest absolute Gasteiger partial charge is 0.410 e. The first kappa shape index (κ1) is 20.3. The Labute approximate surface area is 171 Å². The van der Waals surface area contributed by atoms with Gasteiger partial charge in [0.15, 0.2) is 0 Å². The fourth-order valence-electron chi connectivity index (χ4n) is 3.79. The van der Waals surface area contributed by atoms with Gasteiger partial charge in [-0.1, -0.05) is 17.2 Å². The highest BCUT2D eigenvalue weighted by Crippen LogP contribution is 2.49. The van der Waals surface area contributed by atoms with E-state index >= 15 is 4.39 Å². The highest BCUT2D eigenvalue weighted by Gasteiger charge is 2.70. The molecule has 0 bridgehead atoms. The molecule has 30 heavy (non-hydrogen) atoms. The van der Waals surface area contributed by atoms with Gasteiger partial charge in [0.25, 0.3) is 11.8 Å². The molecular formula is C20H21FN2O7. The number of hydrogen-bond donors (Lipinski definition) is 0. The van der Waals surface area contributed by atoms with Gasteiger partial charge in [-0.3, -0.25) is 9.59 Å². The van der Waals surface area contributed by atoms with Crippen molar-refractivity contribution < 1.29 is 37.9 Å². The lowest BCUT2D eigenvalue weighted by molar-refractivity contribution is -0.213. The van der Waals surface area contributed by atoms with Gasteiger partial charge in [-0.15, -0.1) is 0 Å². The Morgan fingerprint density at radius 3 is 2.10 bits per heavy atom. The second-order valence-corrected chi connectivity index (χ2v) is 8.74. The summed E-state index contributed by atoms with van der Waals surface area (Å²) in [7, 11) is 0. The zero-order valence-corrected chi connectivity index (χ0v) is 16.8. The fraction of sp³-hybridized carbons (Fsp3) is 0.500. The van der Waals surface area contributed by atoms with Gasteiger partial charge in [-0.2, -0.15) is 0 Å². The summed E-state index contributed by atoms with van der Waals surface area (Å²) in [4.78, 5) is 56.2. The molecule has 3 amide bonds. The van der Waals surface area contributed by atoms with Gasteiger partial charge in [-0.25, -0.2) is 14.0 Å². The van der Waals surface area contributed by atoms with Crippen LogP contribution in [0.15, 0.2) is 24.3 Å². The molecule has 0 aliphatic carbocycles. The first-order valence-corrected chi connectivity index (χ1v) is 9.42. The topological polar surface area (TPSA) is 102 Å². The Morgan fingerprint density at radius 2 is 1.63 bits per heavy atom. The number of hydroxylamine groups is 2. The number of halogens is 1. The van der Waals surface area contributed by atoms with Crippen molar-refractivity contribution in [1.82, 2.24) is 9.96 Å². The highest BCUT2D eigenvalue weighted by atomic mass is 19.1. The van der Waals surface area contributed by atoms with Crippen LogP contribution < -0.4 is 0 Å². The van der Waals surface area contributed by atoms with E-state index in [0.29, 0.717) is 0 Å². The number of fused-ring (bicyclic) bond motifs is 1. The number of benzene rings is 1. The molecular weight excluding hydrogens is 399 g/mol. The molecule has 2 fully saturated rings. The summed E-state index contributed by atoms with van der Waals surface area (Å²) in [5.41, 5.74) is -4.68. The third-order valence-corrected chi connectivity index (χ3v) is 5.41. The van der Waals surface area contributed by atoms with Crippen LogP contribution in [0.5, 0.6) is 0 Å². The van der Waals surface area contributed by atoms with E-state index in [0.717, 1.165) is 4.90 Å². The predicted octanol–water partition coefficient (Wildman–Crippen LogP) is 1.72. The van der Waals surface area contributed by atoms with Crippen LogP contribution in [0.4, 0.5) is 9.18 Å². The molecule has 0 aromatic heterocycles. The van der Waals surface area contributed by atoms with Crippen molar-refractivity contribution in [2.45, 2.75) is 32.0 Å². The third-order valence-electron chi connectivity index (χ3n) is 5.41. The van der Waals surface area contributed by atoms with E-state index in [1.807, 2.05) is 0 Å². The van der Waals surface area contributed by atoms with Crippen LogP contribution in [0, 0.1) is 5.41 Å². The van der Waals surface area contributed by atoms with Gasteiger partial charge in [0, 0.05) is 6.54 Å². The monoisotopic (exact) mass is 420 g/mol. The van der Waals surface area contributed by atoms with Gasteiger partial charge in [0.1, 0.15) is 5.60 Å². The molecule has 0 radical (unpaired) electrons. The molecule has 1 aromatic rings. The molecule has 9 nitrogen and oxygen atoms in total. The number of hydrogen-bond acceptors (Lipinski definition) is 7.